The lowest BCUT2D eigenvalue weighted by Gasteiger charge is -2.27. The predicted octanol–water partition coefficient (Wildman–Crippen LogP) is 1.67. The normalized spacial score (nSPS) is 26.3. The lowest BCUT2D eigenvalue weighted by molar-refractivity contribution is -0.128. The molecule has 2 unspecified atom stereocenters. The van der Waals surface area contributed by atoms with E-state index >= 15 is 0 Å². The first-order valence-electron chi connectivity index (χ1n) is 5.98. The molecule has 0 radical (unpaired) electrons. The van der Waals surface area contributed by atoms with Gasteiger partial charge in [0.15, 0.2) is 0 Å². The standard InChI is InChI=1S/C12H24N2O/c1-9(6-8-13)14-11(15)10-5-4-7-12(10,2)3/h9-10H,4-8,13H2,1-3H3,(H,14,15). The third kappa shape index (κ3) is 3.20. The predicted molar refractivity (Wildman–Crippen MR) is 62.4 cm³/mol. The highest BCUT2D eigenvalue weighted by molar-refractivity contribution is 5.80. The molecule has 0 aromatic heterocycles. The smallest absolute Gasteiger partial charge is 0.223 e. The number of nitrogens with one attached hydrogen (secondary N) is 1. The van der Waals surface area contributed by atoms with E-state index in [2.05, 4.69) is 19.2 Å². The van der Waals surface area contributed by atoms with E-state index < -0.39 is 0 Å². The Balaban J connectivity index is 2.46. The van der Waals surface area contributed by atoms with Crippen molar-refractivity contribution in [3.05, 3.63) is 0 Å². The van der Waals surface area contributed by atoms with Gasteiger partial charge < -0.3 is 11.1 Å². The first-order valence-corrected chi connectivity index (χ1v) is 5.98. The molecule has 1 saturated carbocycles. The van der Waals surface area contributed by atoms with Crippen LogP contribution in [0.4, 0.5) is 0 Å². The van der Waals surface area contributed by atoms with Crippen LogP contribution in [0.15, 0.2) is 0 Å². The van der Waals surface area contributed by atoms with Gasteiger partial charge in [0.05, 0.1) is 0 Å². The van der Waals surface area contributed by atoms with Crippen LogP contribution in [-0.4, -0.2) is 18.5 Å². The van der Waals surface area contributed by atoms with Gasteiger partial charge in [0.25, 0.3) is 0 Å². The number of nitrogens with two attached hydrogens (primary N) is 1. The molecular formula is C12H24N2O. The number of hydrogen-bond donors (Lipinski definition) is 2. The van der Waals surface area contributed by atoms with Crippen LogP contribution in [0.5, 0.6) is 0 Å². The molecule has 3 nitrogen and oxygen atoms in total. The van der Waals surface area contributed by atoms with E-state index in [1.807, 2.05) is 6.92 Å². The average molecular weight is 212 g/mol. The minimum absolute atomic E-state index is 0.173. The Kier molecular flexibility index (Phi) is 4.14. The van der Waals surface area contributed by atoms with Crippen LogP contribution >= 0.6 is 0 Å². The molecule has 88 valence electrons. The van der Waals surface area contributed by atoms with E-state index in [9.17, 15) is 4.79 Å². The Hall–Kier alpha value is -0.570. The van der Waals surface area contributed by atoms with Crippen LogP contribution in [0.3, 0.4) is 0 Å². The van der Waals surface area contributed by atoms with Crippen LogP contribution in [0.25, 0.3) is 0 Å². The van der Waals surface area contributed by atoms with Gasteiger partial charge in [-0.1, -0.05) is 20.3 Å². The highest BCUT2D eigenvalue weighted by atomic mass is 16.2. The van der Waals surface area contributed by atoms with Crippen molar-refractivity contribution in [2.45, 2.75) is 52.5 Å². The topological polar surface area (TPSA) is 55.1 Å². The minimum Gasteiger partial charge on any atom is -0.353 e. The molecule has 15 heavy (non-hydrogen) atoms. The number of carbonyl (C=O) groups is 1. The summed E-state index contributed by atoms with van der Waals surface area (Å²) >= 11 is 0. The van der Waals surface area contributed by atoms with Crippen LogP contribution in [-0.2, 0) is 4.79 Å². The highest BCUT2D eigenvalue weighted by Crippen LogP contribution is 2.42. The van der Waals surface area contributed by atoms with Gasteiger partial charge in [0.1, 0.15) is 0 Å². The first kappa shape index (κ1) is 12.5. The Morgan fingerprint density at radius 2 is 2.27 bits per heavy atom. The summed E-state index contributed by atoms with van der Waals surface area (Å²) in [7, 11) is 0. The van der Waals surface area contributed by atoms with Gasteiger partial charge >= 0.3 is 0 Å². The summed E-state index contributed by atoms with van der Waals surface area (Å²) in [6, 6.07) is 0.207. The van der Waals surface area contributed by atoms with Crippen molar-refractivity contribution < 1.29 is 4.79 Å². The molecule has 0 spiro atoms. The van der Waals surface area contributed by atoms with Gasteiger partial charge in [0.2, 0.25) is 5.91 Å². The molecule has 3 heteroatoms. The maximum atomic E-state index is 12.0. The monoisotopic (exact) mass is 212 g/mol. The summed E-state index contributed by atoms with van der Waals surface area (Å²) < 4.78 is 0. The molecular weight excluding hydrogens is 188 g/mol. The SMILES string of the molecule is CC(CCN)NC(=O)C1CCCC1(C)C. The fraction of sp³-hybridized carbons (Fsp3) is 0.917. The van der Waals surface area contributed by atoms with Crippen molar-refractivity contribution in [2.24, 2.45) is 17.1 Å². The van der Waals surface area contributed by atoms with Crippen LogP contribution < -0.4 is 11.1 Å². The Labute approximate surface area is 92.8 Å². The third-order valence-electron chi connectivity index (χ3n) is 3.56. The molecule has 1 aliphatic rings. The molecule has 0 aliphatic heterocycles. The second kappa shape index (κ2) is 4.97. The lowest BCUT2D eigenvalue weighted by atomic mass is 9.81. The average Bonchev–Trinajstić information content (AvgIpc) is 2.45. The molecule has 1 fully saturated rings. The van der Waals surface area contributed by atoms with Gasteiger partial charge in [-0.2, -0.15) is 0 Å². The lowest BCUT2D eigenvalue weighted by Crippen LogP contribution is -2.41. The molecule has 3 N–H and O–H groups in total. The molecule has 0 saturated heterocycles. The number of amides is 1. The summed E-state index contributed by atoms with van der Waals surface area (Å²) in [5, 5.41) is 3.06. The number of carbonyl (C=O) groups excluding carboxylic acids is 1. The van der Waals surface area contributed by atoms with E-state index in [4.69, 9.17) is 5.73 Å². The van der Waals surface area contributed by atoms with Crippen LogP contribution in [0.2, 0.25) is 0 Å². The molecule has 0 heterocycles. The molecule has 2 atom stereocenters. The summed E-state index contributed by atoms with van der Waals surface area (Å²) in [6.07, 6.45) is 4.24. The second-order valence-corrected chi connectivity index (χ2v) is 5.42. The van der Waals surface area contributed by atoms with Crippen molar-refractivity contribution in [1.29, 1.82) is 0 Å². The van der Waals surface area contributed by atoms with Gasteiger partial charge in [0, 0.05) is 12.0 Å². The summed E-state index contributed by atoms with van der Waals surface area (Å²) in [4.78, 5) is 12.0. The van der Waals surface area contributed by atoms with E-state index in [0.717, 1.165) is 19.3 Å². The van der Waals surface area contributed by atoms with E-state index in [-0.39, 0.29) is 23.3 Å². The van der Waals surface area contributed by atoms with Gasteiger partial charge in [-0.15, -0.1) is 0 Å². The van der Waals surface area contributed by atoms with Crippen molar-refractivity contribution in [2.75, 3.05) is 6.54 Å². The molecule has 0 aromatic rings. The summed E-state index contributed by atoms with van der Waals surface area (Å²) in [5.74, 6) is 0.413. The molecule has 1 amide bonds. The van der Waals surface area contributed by atoms with Crippen molar-refractivity contribution in [3.63, 3.8) is 0 Å². The fourth-order valence-electron chi connectivity index (χ4n) is 2.48. The highest BCUT2D eigenvalue weighted by Gasteiger charge is 2.39. The molecule has 0 aromatic carbocycles. The summed E-state index contributed by atoms with van der Waals surface area (Å²) in [6.45, 7) is 7.04. The quantitative estimate of drug-likeness (QED) is 0.744. The largest absolute Gasteiger partial charge is 0.353 e. The van der Waals surface area contributed by atoms with Gasteiger partial charge in [-0.05, 0) is 38.1 Å². The molecule has 0 bridgehead atoms. The van der Waals surface area contributed by atoms with Crippen LogP contribution in [0.1, 0.15) is 46.5 Å². The molecule has 1 aliphatic carbocycles. The van der Waals surface area contributed by atoms with Crippen molar-refractivity contribution >= 4 is 5.91 Å². The zero-order valence-electron chi connectivity index (χ0n) is 10.2. The van der Waals surface area contributed by atoms with Crippen molar-refractivity contribution in [3.8, 4) is 0 Å². The fourth-order valence-corrected chi connectivity index (χ4v) is 2.48. The maximum absolute atomic E-state index is 12.0. The Bertz CT molecular complexity index is 226. The zero-order chi connectivity index (χ0) is 11.5. The zero-order valence-corrected chi connectivity index (χ0v) is 10.2. The molecule has 1 rings (SSSR count). The minimum atomic E-state index is 0.173. The van der Waals surface area contributed by atoms with Gasteiger partial charge in [-0.3, -0.25) is 4.79 Å². The first-order chi connectivity index (χ1) is 6.97. The second-order valence-electron chi connectivity index (χ2n) is 5.42. The maximum Gasteiger partial charge on any atom is 0.223 e. The number of rotatable bonds is 4. The summed E-state index contributed by atoms with van der Waals surface area (Å²) in [5.41, 5.74) is 5.63. The van der Waals surface area contributed by atoms with Crippen molar-refractivity contribution in [1.82, 2.24) is 5.32 Å². The number of hydrogen-bond acceptors (Lipinski definition) is 2. The Morgan fingerprint density at radius 3 is 2.73 bits per heavy atom. The third-order valence-corrected chi connectivity index (χ3v) is 3.56. The van der Waals surface area contributed by atoms with E-state index in [0.29, 0.717) is 6.54 Å². The van der Waals surface area contributed by atoms with Crippen LogP contribution in [0, 0.1) is 11.3 Å². The van der Waals surface area contributed by atoms with Gasteiger partial charge in [-0.25, -0.2) is 0 Å². The van der Waals surface area contributed by atoms with E-state index in [1.165, 1.54) is 6.42 Å². The van der Waals surface area contributed by atoms with E-state index in [1.54, 1.807) is 0 Å². The Morgan fingerprint density at radius 1 is 1.60 bits per heavy atom.